The Morgan fingerprint density at radius 2 is 1.61 bits per heavy atom. The van der Waals surface area contributed by atoms with Crippen LogP contribution in [0.15, 0.2) is 51.7 Å². The fraction of sp³-hybridized carbons (Fsp3) is 0.545. The first-order chi connectivity index (χ1) is 19.7. The van der Waals surface area contributed by atoms with Crippen molar-refractivity contribution in [3.05, 3.63) is 64.0 Å². The summed E-state index contributed by atoms with van der Waals surface area (Å²) in [5.74, 6) is 0.439. The molecule has 0 aliphatic rings. The first-order valence-electron chi connectivity index (χ1n) is 15.1. The summed E-state index contributed by atoms with van der Waals surface area (Å²) in [5, 5.41) is 0.768. The molecule has 0 saturated carbocycles. The lowest BCUT2D eigenvalue weighted by Gasteiger charge is -2.27. The summed E-state index contributed by atoms with van der Waals surface area (Å²) in [5.41, 5.74) is 3.81. The quantitative estimate of drug-likeness (QED) is 0.0845. The Balaban J connectivity index is 1.62. The van der Waals surface area contributed by atoms with Crippen molar-refractivity contribution in [1.29, 1.82) is 0 Å². The average Bonchev–Trinajstić information content (AvgIpc) is 2.96. The van der Waals surface area contributed by atoms with Crippen molar-refractivity contribution < 1.29 is 26.8 Å². The van der Waals surface area contributed by atoms with Gasteiger partial charge in [-0.2, -0.15) is 0 Å². The summed E-state index contributed by atoms with van der Waals surface area (Å²) < 4.78 is 51.9. The van der Waals surface area contributed by atoms with Gasteiger partial charge in [-0.1, -0.05) is 44.9 Å². The van der Waals surface area contributed by atoms with Crippen molar-refractivity contribution in [3.8, 4) is 16.9 Å². The molecule has 0 aliphatic carbocycles. The molecule has 0 spiro atoms. The van der Waals surface area contributed by atoms with Crippen molar-refractivity contribution in [2.75, 3.05) is 19.8 Å². The maximum Gasteiger partial charge on any atom is 0.344 e. The van der Waals surface area contributed by atoms with Gasteiger partial charge in [-0.05, 0) is 87.0 Å². The van der Waals surface area contributed by atoms with Crippen LogP contribution in [0.1, 0.15) is 70.9 Å². The first kappa shape index (κ1) is 33.0. The fourth-order valence-electron chi connectivity index (χ4n) is 5.15. The van der Waals surface area contributed by atoms with Crippen molar-refractivity contribution in [2.24, 2.45) is 0 Å². The van der Waals surface area contributed by atoms with Crippen LogP contribution >= 0.6 is 0 Å². The Bertz CT molecular complexity index is 1290. The molecule has 0 N–H and O–H groups in total. The maximum atomic E-state index is 14.5. The standard InChI is InChI=1S/C33H46F2O5Si/c1-6-10-11-12-24-13-16-28(25(7-2)21-24)29-22-26-14-15-27(23-32(26)40-33(29)36)37-19-17-30(34)31(35)18-20-41(5,38-8-3)39-9-4/h13-16,21-23,30-31H,6-12,17-20H2,1-5H3. The molecule has 1 aromatic heterocycles. The van der Waals surface area contributed by atoms with E-state index in [2.05, 4.69) is 26.0 Å². The Hall–Kier alpha value is -2.55. The zero-order valence-electron chi connectivity index (χ0n) is 25.3. The molecule has 226 valence electrons. The number of rotatable bonds is 18. The zero-order chi connectivity index (χ0) is 29.8. The molecule has 2 atom stereocenters. The van der Waals surface area contributed by atoms with Crippen molar-refractivity contribution in [3.63, 3.8) is 0 Å². The second-order valence-corrected chi connectivity index (χ2v) is 14.0. The lowest BCUT2D eigenvalue weighted by Crippen LogP contribution is -2.39. The minimum absolute atomic E-state index is 0.00545. The number of unbranched alkanes of at least 4 members (excludes halogenated alkanes) is 2. The number of hydrogen-bond donors (Lipinski definition) is 0. The van der Waals surface area contributed by atoms with Gasteiger partial charge in [0.15, 0.2) is 0 Å². The van der Waals surface area contributed by atoms with E-state index in [-0.39, 0.29) is 19.4 Å². The van der Waals surface area contributed by atoms with Gasteiger partial charge in [-0.15, -0.1) is 0 Å². The molecule has 0 amide bonds. The molecule has 0 bridgehead atoms. The van der Waals surface area contributed by atoms with E-state index in [1.165, 1.54) is 18.4 Å². The van der Waals surface area contributed by atoms with E-state index >= 15 is 0 Å². The zero-order valence-corrected chi connectivity index (χ0v) is 26.3. The normalized spacial score (nSPS) is 13.4. The summed E-state index contributed by atoms with van der Waals surface area (Å²) in [6, 6.07) is 13.8. The predicted octanol–water partition coefficient (Wildman–Crippen LogP) is 8.74. The molecule has 3 rings (SSSR count). The third-order valence-electron chi connectivity index (χ3n) is 7.45. The van der Waals surface area contributed by atoms with E-state index in [1.807, 2.05) is 38.6 Å². The van der Waals surface area contributed by atoms with Gasteiger partial charge in [0.05, 0.1) is 12.2 Å². The summed E-state index contributed by atoms with van der Waals surface area (Å²) in [4.78, 5) is 13.0. The Labute approximate surface area is 244 Å². The number of hydrogen-bond acceptors (Lipinski definition) is 5. The van der Waals surface area contributed by atoms with Crippen molar-refractivity contribution in [1.82, 2.24) is 0 Å². The number of ether oxygens (including phenoxy) is 1. The van der Waals surface area contributed by atoms with E-state index in [0.717, 1.165) is 35.8 Å². The van der Waals surface area contributed by atoms with Crippen LogP contribution in [0.5, 0.6) is 5.75 Å². The first-order valence-corrected chi connectivity index (χ1v) is 17.6. The van der Waals surface area contributed by atoms with E-state index in [4.69, 9.17) is 18.0 Å². The van der Waals surface area contributed by atoms with Gasteiger partial charge in [-0.25, -0.2) is 13.6 Å². The largest absolute Gasteiger partial charge is 0.493 e. The summed E-state index contributed by atoms with van der Waals surface area (Å²) in [6.45, 7) is 10.9. The lowest BCUT2D eigenvalue weighted by molar-refractivity contribution is 0.127. The third kappa shape index (κ3) is 9.48. The Morgan fingerprint density at radius 1 is 0.878 bits per heavy atom. The number of halogens is 2. The van der Waals surface area contributed by atoms with Crippen LogP contribution in [0.4, 0.5) is 8.78 Å². The monoisotopic (exact) mass is 588 g/mol. The molecule has 0 radical (unpaired) electrons. The van der Waals surface area contributed by atoms with Gasteiger partial charge in [0.1, 0.15) is 23.7 Å². The van der Waals surface area contributed by atoms with Gasteiger partial charge >= 0.3 is 14.2 Å². The third-order valence-corrected chi connectivity index (χ3v) is 10.4. The minimum Gasteiger partial charge on any atom is -0.493 e. The van der Waals surface area contributed by atoms with Crippen molar-refractivity contribution in [2.45, 2.75) is 97.6 Å². The molecular formula is C33H46F2O5Si. The maximum absolute atomic E-state index is 14.5. The van der Waals surface area contributed by atoms with Crippen molar-refractivity contribution >= 4 is 19.5 Å². The topological polar surface area (TPSA) is 57.9 Å². The van der Waals surface area contributed by atoms with Crippen LogP contribution in [0.2, 0.25) is 12.6 Å². The highest BCUT2D eigenvalue weighted by molar-refractivity contribution is 6.66. The molecular weight excluding hydrogens is 542 g/mol. The number of fused-ring (bicyclic) bond motifs is 1. The van der Waals surface area contributed by atoms with E-state index in [0.29, 0.717) is 36.2 Å². The SMILES string of the molecule is CCCCCc1ccc(-c2cc3ccc(OCCC(F)C(F)CC[Si](C)(OCC)OCC)cc3oc2=O)c(CC)c1. The summed E-state index contributed by atoms with van der Waals surface area (Å²) >= 11 is 0. The average molecular weight is 589 g/mol. The number of benzene rings is 2. The Morgan fingerprint density at radius 3 is 2.29 bits per heavy atom. The Kier molecular flexibility index (Phi) is 13.0. The van der Waals surface area contributed by atoms with E-state index in [9.17, 15) is 13.6 Å². The fourth-order valence-corrected chi connectivity index (χ4v) is 7.55. The molecule has 0 saturated heterocycles. The molecule has 1 heterocycles. The molecule has 0 fully saturated rings. The van der Waals surface area contributed by atoms with E-state index < -0.39 is 26.5 Å². The number of aryl methyl sites for hydroxylation is 2. The van der Waals surface area contributed by atoms with Crippen LogP contribution in [0.3, 0.4) is 0 Å². The molecule has 5 nitrogen and oxygen atoms in total. The minimum atomic E-state index is -2.49. The van der Waals surface area contributed by atoms with Crippen LogP contribution in [-0.4, -0.2) is 40.7 Å². The van der Waals surface area contributed by atoms with Gasteiger partial charge in [0.2, 0.25) is 0 Å². The molecule has 2 aromatic carbocycles. The smallest absolute Gasteiger partial charge is 0.344 e. The molecule has 0 aliphatic heterocycles. The predicted molar refractivity (Wildman–Crippen MR) is 165 cm³/mol. The summed E-state index contributed by atoms with van der Waals surface area (Å²) in [6.07, 6.45) is 2.10. The molecule has 8 heteroatoms. The summed E-state index contributed by atoms with van der Waals surface area (Å²) in [7, 11) is -2.49. The molecule has 2 unspecified atom stereocenters. The lowest BCUT2D eigenvalue weighted by atomic mass is 9.94. The van der Waals surface area contributed by atoms with Gasteiger partial charge < -0.3 is 18.0 Å². The van der Waals surface area contributed by atoms with Crippen LogP contribution in [0, 0.1) is 0 Å². The number of alkyl halides is 2. The highest BCUT2D eigenvalue weighted by Crippen LogP contribution is 2.28. The van der Waals surface area contributed by atoms with Crippen LogP contribution in [0.25, 0.3) is 22.1 Å². The van der Waals surface area contributed by atoms with Gasteiger partial charge in [-0.3, -0.25) is 0 Å². The molecule has 3 aromatic rings. The van der Waals surface area contributed by atoms with Gasteiger partial charge in [0.25, 0.3) is 0 Å². The second kappa shape index (κ2) is 16.2. The van der Waals surface area contributed by atoms with Crippen LogP contribution < -0.4 is 10.4 Å². The molecule has 41 heavy (non-hydrogen) atoms. The highest BCUT2D eigenvalue weighted by Gasteiger charge is 2.33. The highest BCUT2D eigenvalue weighted by atomic mass is 28.4. The van der Waals surface area contributed by atoms with Gasteiger partial charge in [0, 0.05) is 31.1 Å². The van der Waals surface area contributed by atoms with E-state index in [1.54, 1.807) is 12.1 Å². The second-order valence-electron chi connectivity index (χ2n) is 10.7. The van der Waals surface area contributed by atoms with Crippen LogP contribution in [-0.2, 0) is 21.7 Å².